The summed E-state index contributed by atoms with van der Waals surface area (Å²) >= 11 is 0. The summed E-state index contributed by atoms with van der Waals surface area (Å²) in [6, 6.07) is 0. The summed E-state index contributed by atoms with van der Waals surface area (Å²) in [4.78, 5) is 15.2. The van der Waals surface area contributed by atoms with Gasteiger partial charge in [0.05, 0.1) is 5.92 Å². The molecule has 4 rings (SSSR count). The molecule has 0 bridgehead atoms. The Morgan fingerprint density at radius 2 is 1.92 bits per heavy atom. The van der Waals surface area contributed by atoms with Crippen molar-refractivity contribution in [2.45, 2.75) is 77.7 Å². The second kappa shape index (κ2) is 6.48. The molecule has 2 saturated heterocycles. The van der Waals surface area contributed by atoms with E-state index in [0.29, 0.717) is 11.3 Å². The molecule has 1 saturated carbocycles. The highest BCUT2D eigenvalue weighted by atomic mass is 16.6. The number of hydrogen-bond acceptors (Lipinski definition) is 3. The molecule has 0 radical (unpaired) electrons. The average molecular weight is 332 g/mol. The summed E-state index contributed by atoms with van der Waals surface area (Å²) < 4.78 is 5.91. The number of nitrogens with zero attached hydrogens (tertiary/aromatic N) is 1. The molecule has 0 aromatic rings. The van der Waals surface area contributed by atoms with Crippen LogP contribution in [0, 0.1) is 17.3 Å². The molecular formula is C21H33NO2. The van der Waals surface area contributed by atoms with Crippen LogP contribution in [0.4, 0.5) is 0 Å². The fourth-order valence-corrected chi connectivity index (χ4v) is 5.92. The Kier molecular flexibility index (Phi) is 4.49. The highest BCUT2D eigenvalue weighted by Gasteiger charge is 2.53. The molecule has 0 aromatic carbocycles. The molecule has 2 aliphatic carbocycles. The number of carbonyl (C=O) groups is 1. The zero-order valence-corrected chi connectivity index (χ0v) is 15.5. The Morgan fingerprint density at radius 3 is 2.67 bits per heavy atom. The summed E-state index contributed by atoms with van der Waals surface area (Å²) in [5, 5.41) is 0. The number of carbonyl (C=O) groups excluding carboxylic acids is 1. The minimum atomic E-state index is 0.0924. The lowest BCUT2D eigenvalue weighted by atomic mass is 9.59. The number of fused-ring (bicyclic) bond motifs is 2. The van der Waals surface area contributed by atoms with Crippen LogP contribution in [0.5, 0.6) is 0 Å². The van der Waals surface area contributed by atoms with Crippen LogP contribution in [-0.2, 0) is 9.53 Å². The fraction of sp³-hybridized carbons (Fsp3) is 0.857. The van der Waals surface area contributed by atoms with E-state index >= 15 is 0 Å². The Hall–Kier alpha value is -0.830. The third-order valence-corrected chi connectivity index (χ3v) is 7.33. The van der Waals surface area contributed by atoms with Gasteiger partial charge in [-0.05, 0) is 70.4 Å². The number of likely N-dealkylation sites (tertiary alicyclic amines) is 1. The summed E-state index contributed by atoms with van der Waals surface area (Å²) in [6.45, 7) is 8.01. The Bertz CT molecular complexity index is 532. The lowest BCUT2D eigenvalue weighted by Crippen LogP contribution is -2.41. The first-order valence-corrected chi connectivity index (χ1v) is 10.2. The first-order chi connectivity index (χ1) is 11.6. The van der Waals surface area contributed by atoms with E-state index in [4.69, 9.17) is 4.74 Å². The van der Waals surface area contributed by atoms with Crippen molar-refractivity contribution in [3.63, 3.8) is 0 Å². The minimum Gasteiger partial charge on any atom is -0.462 e. The van der Waals surface area contributed by atoms with E-state index in [1.807, 2.05) is 0 Å². The van der Waals surface area contributed by atoms with E-state index in [-0.39, 0.29) is 18.0 Å². The highest BCUT2D eigenvalue weighted by Crippen LogP contribution is 2.55. The van der Waals surface area contributed by atoms with Crippen molar-refractivity contribution in [1.82, 2.24) is 4.90 Å². The van der Waals surface area contributed by atoms with Gasteiger partial charge in [-0.25, -0.2) is 0 Å². The normalized spacial score (nSPS) is 40.8. The van der Waals surface area contributed by atoms with Gasteiger partial charge in [0.1, 0.15) is 6.10 Å². The zero-order valence-electron chi connectivity index (χ0n) is 15.5. The highest BCUT2D eigenvalue weighted by molar-refractivity contribution is 5.76. The van der Waals surface area contributed by atoms with Crippen molar-refractivity contribution in [1.29, 1.82) is 0 Å². The largest absolute Gasteiger partial charge is 0.462 e. The van der Waals surface area contributed by atoms with Gasteiger partial charge in [-0.2, -0.15) is 0 Å². The van der Waals surface area contributed by atoms with Gasteiger partial charge in [-0.1, -0.05) is 30.9 Å². The molecule has 4 atom stereocenters. The molecule has 2 heterocycles. The quantitative estimate of drug-likeness (QED) is 0.557. The van der Waals surface area contributed by atoms with Crippen LogP contribution in [-0.4, -0.2) is 36.6 Å². The van der Waals surface area contributed by atoms with Gasteiger partial charge < -0.3 is 9.64 Å². The zero-order chi connectivity index (χ0) is 16.7. The molecule has 0 unspecified atom stereocenters. The smallest absolute Gasteiger partial charge is 0.310 e. The van der Waals surface area contributed by atoms with Crippen LogP contribution in [0.1, 0.15) is 71.6 Å². The molecule has 0 aromatic heterocycles. The Labute approximate surface area is 146 Å². The van der Waals surface area contributed by atoms with Crippen LogP contribution in [0.25, 0.3) is 0 Å². The SMILES string of the molecule is CC1=C2C[C@H]3[C@@H](C[C@@]2(C)CCC1)OC(=O)[C@@H]3CN1CCCCCC1. The maximum absolute atomic E-state index is 12.6. The number of ether oxygens (including phenoxy) is 1. The molecule has 0 N–H and O–H groups in total. The molecule has 3 fully saturated rings. The molecule has 0 amide bonds. The molecule has 3 nitrogen and oxygen atoms in total. The van der Waals surface area contributed by atoms with Crippen LogP contribution in [0.15, 0.2) is 11.1 Å². The molecule has 24 heavy (non-hydrogen) atoms. The Morgan fingerprint density at radius 1 is 1.17 bits per heavy atom. The van der Waals surface area contributed by atoms with Crippen LogP contribution < -0.4 is 0 Å². The van der Waals surface area contributed by atoms with Crippen molar-refractivity contribution >= 4 is 5.97 Å². The Balaban J connectivity index is 1.52. The topological polar surface area (TPSA) is 29.5 Å². The van der Waals surface area contributed by atoms with E-state index in [1.54, 1.807) is 11.1 Å². The van der Waals surface area contributed by atoms with Gasteiger partial charge in [-0.3, -0.25) is 4.79 Å². The second-order valence-corrected chi connectivity index (χ2v) is 9.04. The maximum atomic E-state index is 12.6. The number of rotatable bonds is 2. The first kappa shape index (κ1) is 16.6. The van der Waals surface area contributed by atoms with Gasteiger partial charge in [-0.15, -0.1) is 0 Å². The van der Waals surface area contributed by atoms with Gasteiger partial charge in [0.15, 0.2) is 0 Å². The van der Waals surface area contributed by atoms with E-state index in [2.05, 4.69) is 18.7 Å². The van der Waals surface area contributed by atoms with Crippen LogP contribution in [0.3, 0.4) is 0 Å². The van der Waals surface area contributed by atoms with E-state index in [9.17, 15) is 4.79 Å². The van der Waals surface area contributed by atoms with Crippen molar-refractivity contribution < 1.29 is 9.53 Å². The van der Waals surface area contributed by atoms with Crippen molar-refractivity contribution in [3.8, 4) is 0 Å². The van der Waals surface area contributed by atoms with Crippen molar-refractivity contribution in [3.05, 3.63) is 11.1 Å². The maximum Gasteiger partial charge on any atom is 0.310 e. The molecule has 4 aliphatic rings. The lowest BCUT2D eigenvalue weighted by Gasteiger charge is -2.46. The standard InChI is InChI=1S/C21H33NO2/c1-15-8-7-9-21(2)13-19-16(12-18(15)21)17(20(23)24-19)14-22-10-5-3-4-6-11-22/h16-17,19H,3-14H2,1-2H3/t16-,17-,19-,21-/m1/s1. The van der Waals surface area contributed by atoms with Gasteiger partial charge in [0, 0.05) is 12.5 Å². The third kappa shape index (κ3) is 2.94. The number of esters is 1. The third-order valence-electron chi connectivity index (χ3n) is 7.33. The van der Waals surface area contributed by atoms with Crippen LogP contribution >= 0.6 is 0 Å². The number of hydrogen-bond donors (Lipinski definition) is 0. The van der Waals surface area contributed by atoms with E-state index in [0.717, 1.165) is 19.4 Å². The second-order valence-electron chi connectivity index (χ2n) is 9.04. The summed E-state index contributed by atoms with van der Waals surface area (Å²) in [5.41, 5.74) is 3.57. The van der Waals surface area contributed by atoms with E-state index in [1.165, 1.54) is 58.0 Å². The molecule has 134 valence electrons. The van der Waals surface area contributed by atoms with Crippen LogP contribution in [0.2, 0.25) is 0 Å². The monoisotopic (exact) mass is 331 g/mol. The molecule has 2 aliphatic heterocycles. The summed E-state index contributed by atoms with van der Waals surface area (Å²) in [6.07, 6.45) is 11.5. The molecular weight excluding hydrogens is 298 g/mol. The molecule has 0 spiro atoms. The van der Waals surface area contributed by atoms with Gasteiger partial charge in [0.25, 0.3) is 0 Å². The van der Waals surface area contributed by atoms with Gasteiger partial charge in [0.2, 0.25) is 0 Å². The van der Waals surface area contributed by atoms with Gasteiger partial charge >= 0.3 is 5.97 Å². The first-order valence-electron chi connectivity index (χ1n) is 10.2. The average Bonchev–Trinajstić information content (AvgIpc) is 2.72. The minimum absolute atomic E-state index is 0.0924. The van der Waals surface area contributed by atoms with E-state index < -0.39 is 0 Å². The fourth-order valence-electron chi connectivity index (χ4n) is 5.92. The molecule has 3 heteroatoms. The van der Waals surface area contributed by atoms with Crippen molar-refractivity contribution in [2.24, 2.45) is 17.3 Å². The van der Waals surface area contributed by atoms with Crippen molar-refractivity contribution in [2.75, 3.05) is 19.6 Å². The summed E-state index contributed by atoms with van der Waals surface area (Å²) in [7, 11) is 0. The predicted octanol–water partition coefficient (Wildman–Crippen LogP) is 4.32. The number of allylic oxidation sites excluding steroid dienone is 2. The summed E-state index contributed by atoms with van der Waals surface area (Å²) in [5.74, 6) is 0.631. The lowest BCUT2D eigenvalue weighted by molar-refractivity contribution is -0.145. The predicted molar refractivity (Wildman–Crippen MR) is 95.7 cm³/mol.